The van der Waals surface area contributed by atoms with E-state index < -0.39 is 42.7 Å². The van der Waals surface area contributed by atoms with E-state index in [2.05, 4.69) is 9.47 Å². The van der Waals surface area contributed by atoms with Gasteiger partial charge in [0.15, 0.2) is 9.84 Å². The van der Waals surface area contributed by atoms with Crippen LogP contribution in [-0.4, -0.2) is 71.9 Å². The lowest BCUT2D eigenvalue weighted by Gasteiger charge is -2.24. The smallest absolute Gasteiger partial charge is 0.339 e. The Kier molecular flexibility index (Phi) is 5.73. The number of sulfone groups is 1. The number of carbonyl (C=O) groups excluding carboxylic acids is 2. The first-order valence-corrected chi connectivity index (χ1v) is 10.8. The van der Waals surface area contributed by atoms with Gasteiger partial charge in [-0.3, -0.25) is 0 Å². The molecular weight excluding hydrogens is 386 g/mol. The van der Waals surface area contributed by atoms with E-state index >= 15 is 0 Å². The molecule has 0 radical (unpaired) electrons. The molecule has 0 bridgehead atoms. The predicted molar refractivity (Wildman–Crippen MR) is 91.1 cm³/mol. The molecule has 1 aromatic rings. The molecule has 0 amide bonds. The molecule has 2 rings (SSSR count). The SMILES string of the molecule is COC(=O)c1ccc(C(=O)OC)c(S(=O)(=O)N(C)C2CCS(=O)(=O)C2)c1. The quantitative estimate of drug-likeness (QED) is 0.630. The number of carbonyl (C=O) groups is 2. The van der Waals surface area contributed by atoms with Crippen molar-refractivity contribution in [1.82, 2.24) is 4.31 Å². The summed E-state index contributed by atoms with van der Waals surface area (Å²) in [7, 11) is -4.09. The highest BCUT2D eigenvalue weighted by atomic mass is 32.2. The van der Waals surface area contributed by atoms with Gasteiger partial charge in [-0.2, -0.15) is 4.31 Å². The summed E-state index contributed by atoms with van der Waals surface area (Å²) in [6, 6.07) is 2.67. The average molecular weight is 405 g/mol. The molecule has 1 aliphatic heterocycles. The van der Waals surface area contributed by atoms with Crippen LogP contribution in [0.5, 0.6) is 0 Å². The van der Waals surface area contributed by atoms with Gasteiger partial charge in [-0.1, -0.05) is 0 Å². The molecule has 0 aliphatic carbocycles. The van der Waals surface area contributed by atoms with Crippen LogP contribution in [0.4, 0.5) is 0 Å². The van der Waals surface area contributed by atoms with E-state index in [1.165, 1.54) is 13.1 Å². The third-order valence-corrected chi connectivity index (χ3v) is 7.89. The van der Waals surface area contributed by atoms with Crippen molar-refractivity contribution >= 4 is 31.8 Å². The lowest BCUT2D eigenvalue weighted by atomic mass is 10.1. The normalized spacial score (nSPS) is 19.3. The fourth-order valence-corrected chi connectivity index (χ4v) is 6.13. The Labute approximate surface area is 151 Å². The van der Waals surface area contributed by atoms with Crippen LogP contribution >= 0.6 is 0 Å². The summed E-state index contributed by atoms with van der Waals surface area (Å²) < 4.78 is 59.4. The van der Waals surface area contributed by atoms with Crippen molar-refractivity contribution < 1.29 is 35.9 Å². The van der Waals surface area contributed by atoms with Crippen LogP contribution in [0, 0.1) is 0 Å². The van der Waals surface area contributed by atoms with Gasteiger partial charge in [0.25, 0.3) is 0 Å². The zero-order valence-corrected chi connectivity index (χ0v) is 16.1. The highest BCUT2D eigenvalue weighted by molar-refractivity contribution is 7.92. The van der Waals surface area contributed by atoms with Crippen molar-refractivity contribution in [3.8, 4) is 0 Å². The topological polar surface area (TPSA) is 124 Å². The van der Waals surface area contributed by atoms with Crippen LogP contribution in [0.1, 0.15) is 27.1 Å². The summed E-state index contributed by atoms with van der Waals surface area (Å²) in [5, 5.41) is 0. The van der Waals surface area contributed by atoms with Gasteiger partial charge in [-0.25, -0.2) is 26.4 Å². The second-order valence-electron chi connectivity index (χ2n) is 5.77. The molecule has 144 valence electrons. The second kappa shape index (κ2) is 7.33. The minimum absolute atomic E-state index is 0.0637. The highest BCUT2D eigenvalue weighted by Gasteiger charge is 2.38. The molecule has 1 heterocycles. The molecule has 0 aromatic heterocycles. The van der Waals surface area contributed by atoms with Crippen LogP contribution in [0.3, 0.4) is 0 Å². The van der Waals surface area contributed by atoms with Crippen molar-refractivity contribution in [3.63, 3.8) is 0 Å². The van der Waals surface area contributed by atoms with E-state index in [1.54, 1.807) is 0 Å². The molecule has 1 fully saturated rings. The first-order valence-electron chi connectivity index (χ1n) is 7.52. The largest absolute Gasteiger partial charge is 0.465 e. The maximum absolute atomic E-state index is 13.0. The van der Waals surface area contributed by atoms with Crippen LogP contribution in [-0.2, 0) is 29.3 Å². The van der Waals surface area contributed by atoms with Gasteiger partial charge >= 0.3 is 11.9 Å². The summed E-state index contributed by atoms with van der Waals surface area (Å²) >= 11 is 0. The summed E-state index contributed by atoms with van der Waals surface area (Å²) in [5.41, 5.74) is -0.320. The molecule has 26 heavy (non-hydrogen) atoms. The van der Waals surface area contributed by atoms with Crippen LogP contribution in [0.15, 0.2) is 23.1 Å². The second-order valence-corrected chi connectivity index (χ2v) is 9.97. The first kappa shape index (κ1) is 20.3. The van der Waals surface area contributed by atoms with Crippen molar-refractivity contribution in [2.24, 2.45) is 0 Å². The average Bonchev–Trinajstić information content (AvgIpc) is 2.98. The van der Waals surface area contributed by atoms with Crippen molar-refractivity contribution in [2.75, 3.05) is 32.8 Å². The van der Waals surface area contributed by atoms with Gasteiger partial charge in [0, 0.05) is 13.1 Å². The number of hydrogen-bond donors (Lipinski definition) is 0. The maximum Gasteiger partial charge on any atom is 0.339 e. The number of rotatable bonds is 5. The van der Waals surface area contributed by atoms with E-state index in [1.807, 2.05) is 0 Å². The number of sulfonamides is 1. The van der Waals surface area contributed by atoms with Gasteiger partial charge in [0.05, 0.1) is 41.7 Å². The van der Waals surface area contributed by atoms with E-state index in [9.17, 15) is 26.4 Å². The Hall–Kier alpha value is -1.98. The molecule has 9 nitrogen and oxygen atoms in total. The number of nitrogens with zero attached hydrogens (tertiary/aromatic N) is 1. The molecule has 1 unspecified atom stereocenters. The molecule has 1 atom stereocenters. The third kappa shape index (κ3) is 3.89. The Bertz CT molecular complexity index is 936. The Morgan fingerprint density at radius 2 is 1.77 bits per heavy atom. The van der Waals surface area contributed by atoms with Gasteiger partial charge in [-0.05, 0) is 24.6 Å². The number of methoxy groups -OCH3 is 2. The van der Waals surface area contributed by atoms with Crippen molar-refractivity contribution in [2.45, 2.75) is 17.4 Å². The van der Waals surface area contributed by atoms with Crippen molar-refractivity contribution in [3.05, 3.63) is 29.3 Å². The number of benzene rings is 1. The standard InChI is InChI=1S/C15H19NO8S2/c1-16(11-6-7-25(19,20)9-11)26(21,22)13-8-10(14(17)23-2)4-5-12(13)15(18)24-3/h4-5,8,11H,6-7,9H2,1-3H3. The fraction of sp³-hybridized carbons (Fsp3) is 0.467. The van der Waals surface area contributed by atoms with Gasteiger partial charge in [0.2, 0.25) is 10.0 Å². The Balaban J connectivity index is 2.55. The monoisotopic (exact) mass is 405 g/mol. The zero-order chi connectivity index (χ0) is 19.7. The first-order chi connectivity index (χ1) is 12.0. The Morgan fingerprint density at radius 3 is 2.27 bits per heavy atom. The van der Waals surface area contributed by atoms with Gasteiger partial charge in [-0.15, -0.1) is 0 Å². The minimum Gasteiger partial charge on any atom is -0.465 e. The number of ether oxygens (including phenoxy) is 2. The van der Waals surface area contributed by atoms with Crippen LogP contribution in [0.2, 0.25) is 0 Å². The van der Waals surface area contributed by atoms with Crippen LogP contribution < -0.4 is 0 Å². The molecule has 1 saturated heterocycles. The summed E-state index contributed by atoms with van der Waals surface area (Å²) in [4.78, 5) is 23.2. The van der Waals surface area contributed by atoms with Crippen molar-refractivity contribution in [1.29, 1.82) is 0 Å². The molecule has 0 N–H and O–H groups in total. The van der Waals surface area contributed by atoms with E-state index in [-0.39, 0.29) is 29.1 Å². The lowest BCUT2D eigenvalue weighted by Crippen LogP contribution is -2.38. The van der Waals surface area contributed by atoms with E-state index in [4.69, 9.17) is 0 Å². The van der Waals surface area contributed by atoms with E-state index in [0.29, 0.717) is 0 Å². The van der Waals surface area contributed by atoms with Crippen LogP contribution in [0.25, 0.3) is 0 Å². The summed E-state index contributed by atoms with van der Waals surface area (Å²) in [6.07, 6.45) is 0.155. The minimum atomic E-state index is -4.26. The molecule has 11 heteroatoms. The molecule has 0 spiro atoms. The molecular formula is C15H19NO8S2. The molecule has 0 saturated carbocycles. The third-order valence-electron chi connectivity index (χ3n) is 4.19. The zero-order valence-electron chi connectivity index (χ0n) is 14.5. The fourth-order valence-electron chi connectivity index (χ4n) is 2.67. The summed E-state index contributed by atoms with van der Waals surface area (Å²) in [5.74, 6) is -2.08. The molecule has 1 aliphatic rings. The predicted octanol–water partition coefficient (Wildman–Crippen LogP) is 0.0674. The molecule has 1 aromatic carbocycles. The summed E-state index contributed by atoms with van der Waals surface area (Å²) in [6.45, 7) is 0. The van der Waals surface area contributed by atoms with Gasteiger partial charge in [0.1, 0.15) is 0 Å². The van der Waals surface area contributed by atoms with E-state index in [0.717, 1.165) is 30.7 Å². The Morgan fingerprint density at radius 1 is 1.15 bits per heavy atom. The number of esters is 2. The maximum atomic E-state index is 13.0. The van der Waals surface area contributed by atoms with Gasteiger partial charge < -0.3 is 9.47 Å². The highest BCUT2D eigenvalue weighted by Crippen LogP contribution is 2.27. The number of hydrogen-bond acceptors (Lipinski definition) is 8. The lowest BCUT2D eigenvalue weighted by molar-refractivity contribution is 0.0583.